The monoisotopic (exact) mass is 592 g/mol. The summed E-state index contributed by atoms with van der Waals surface area (Å²) in [6, 6.07) is 10.9. The molecule has 10 nitrogen and oxygen atoms in total. The third kappa shape index (κ3) is 6.91. The molecule has 3 heterocycles. The summed E-state index contributed by atoms with van der Waals surface area (Å²) in [5.41, 5.74) is 2.63. The van der Waals surface area contributed by atoms with E-state index in [-0.39, 0.29) is 17.2 Å². The molecule has 224 valence electrons. The molecule has 11 heteroatoms. The number of aromatic nitrogens is 1. The van der Waals surface area contributed by atoms with Crippen LogP contribution in [0, 0.1) is 6.92 Å². The number of ether oxygens (including phenoxy) is 1. The molecule has 3 aromatic rings. The number of carbonyl (C=O) groups excluding carboxylic acids is 3. The van der Waals surface area contributed by atoms with Gasteiger partial charge >= 0.3 is 6.03 Å². The largest absolute Gasteiger partial charge is 0.383 e. The van der Waals surface area contributed by atoms with Crippen LogP contribution in [0.2, 0.25) is 0 Å². The summed E-state index contributed by atoms with van der Waals surface area (Å²) in [5, 5.41) is 12.3. The van der Waals surface area contributed by atoms with E-state index in [9.17, 15) is 14.4 Å². The molecule has 1 aliphatic heterocycles. The van der Waals surface area contributed by atoms with E-state index < -0.39 is 11.6 Å². The third-order valence-corrected chi connectivity index (χ3v) is 8.68. The minimum Gasteiger partial charge on any atom is -0.383 e. The van der Waals surface area contributed by atoms with Crippen LogP contribution >= 0.6 is 11.3 Å². The van der Waals surface area contributed by atoms with Gasteiger partial charge in [0.25, 0.3) is 5.91 Å². The Morgan fingerprint density at radius 3 is 2.57 bits per heavy atom. The number of amides is 4. The number of thiophene rings is 1. The summed E-state index contributed by atoms with van der Waals surface area (Å²) in [6.45, 7) is 13.6. The van der Waals surface area contributed by atoms with Crippen LogP contribution in [-0.4, -0.2) is 66.6 Å². The average molecular weight is 593 g/mol. The van der Waals surface area contributed by atoms with Gasteiger partial charge in [0, 0.05) is 49.1 Å². The van der Waals surface area contributed by atoms with Crippen molar-refractivity contribution < 1.29 is 19.1 Å². The fourth-order valence-electron chi connectivity index (χ4n) is 4.63. The second-order valence-corrected chi connectivity index (χ2v) is 12.9. The first-order valence-corrected chi connectivity index (χ1v) is 14.8. The van der Waals surface area contributed by atoms with Gasteiger partial charge < -0.3 is 25.6 Å². The highest BCUT2D eigenvalue weighted by Crippen LogP contribution is 2.38. The van der Waals surface area contributed by atoms with Crippen molar-refractivity contribution in [3.8, 4) is 11.1 Å². The smallest absolute Gasteiger partial charge is 0.324 e. The molecule has 0 bridgehead atoms. The number of rotatable bonds is 8. The number of benzene rings is 1. The first-order valence-electron chi connectivity index (χ1n) is 13.9. The van der Waals surface area contributed by atoms with Gasteiger partial charge in [-0.15, -0.1) is 11.3 Å². The lowest BCUT2D eigenvalue weighted by atomic mass is 9.93. The maximum absolute atomic E-state index is 13.8. The molecule has 0 unspecified atom stereocenters. The molecule has 2 aromatic heterocycles. The molecule has 1 aromatic carbocycles. The first-order chi connectivity index (χ1) is 19.8. The van der Waals surface area contributed by atoms with Crippen LogP contribution < -0.4 is 21.3 Å². The third-order valence-electron chi connectivity index (χ3n) is 7.21. The Hall–Kier alpha value is -3.96. The van der Waals surface area contributed by atoms with E-state index >= 15 is 0 Å². The zero-order chi connectivity index (χ0) is 30.7. The Morgan fingerprint density at radius 1 is 1.14 bits per heavy atom. The lowest BCUT2D eigenvalue weighted by molar-refractivity contribution is -0.133. The Labute approximate surface area is 251 Å². The normalized spacial score (nSPS) is 14.7. The fourth-order valence-corrected chi connectivity index (χ4v) is 5.73. The van der Waals surface area contributed by atoms with Gasteiger partial charge in [-0.1, -0.05) is 26.8 Å². The number of hydrogen-bond acceptors (Lipinski definition) is 7. The van der Waals surface area contributed by atoms with Crippen LogP contribution in [0.1, 0.15) is 55.4 Å². The lowest BCUT2D eigenvalue weighted by Gasteiger charge is -2.41. The fraction of sp³-hybridized carbons (Fsp3) is 0.419. The molecule has 0 aliphatic carbocycles. The van der Waals surface area contributed by atoms with Crippen LogP contribution in [0.5, 0.6) is 0 Å². The van der Waals surface area contributed by atoms with E-state index in [0.717, 1.165) is 27.4 Å². The van der Waals surface area contributed by atoms with E-state index in [4.69, 9.17) is 4.74 Å². The molecule has 0 radical (unpaired) electrons. The van der Waals surface area contributed by atoms with Gasteiger partial charge in [-0.2, -0.15) is 0 Å². The van der Waals surface area contributed by atoms with Crippen LogP contribution in [0.3, 0.4) is 0 Å². The number of pyridine rings is 1. The number of carbonyl (C=O) groups is 3. The zero-order valence-corrected chi connectivity index (χ0v) is 26.1. The van der Waals surface area contributed by atoms with E-state index in [1.165, 1.54) is 11.3 Å². The predicted octanol–water partition coefficient (Wildman–Crippen LogP) is 5.47. The summed E-state index contributed by atoms with van der Waals surface area (Å²) in [4.78, 5) is 46.5. The molecule has 4 rings (SSSR count). The second kappa shape index (κ2) is 12.5. The Morgan fingerprint density at radius 2 is 1.90 bits per heavy atom. The van der Waals surface area contributed by atoms with Gasteiger partial charge in [0.05, 0.1) is 12.2 Å². The molecule has 0 saturated carbocycles. The predicted molar refractivity (Wildman–Crippen MR) is 169 cm³/mol. The molecule has 4 N–H and O–H groups in total. The quantitative estimate of drug-likeness (QED) is 0.257. The van der Waals surface area contributed by atoms with Crippen molar-refractivity contribution in [2.75, 3.05) is 49.3 Å². The average Bonchev–Trinajstić information content (AvgIpc) is 3.36. The number of nitrogens with one attached hydrogen (secondary N) is 4. The van der Waals surface area contributed by atoms with Gasteiger partial charge in [-0.3, -0.25) is 14.9 Å². The number of urea groups is 1. The minimum absolute atomic E-state index is 0.206. The lowest BCUT2D eigenvalue weighted by Crippen LogP contribution is -2.63. The number of methoxy groups -OCH3 is 1. The van der Waals surface area contributed by atoms with Gasteiger partial charge in [-0.05, 0) is 67.6 Å². The Kier molecular flexibility index (Phi) is 9.22. The maximum Gasteiger partial charge on any atom is 0.324 e. The molecule has 0 atom stereocenters. The molecule has 1 fully saturated rings. The Bertz CT molecular complexity index is 1460. The van der Waals surface area contributed by atoms with Crippen LogP contribution in [0.25, 0.3) is 11.1 Å². The molecule has 1 saturated heterocycles. The van der Waals surface area contributed by atoms with Crippen molar-refractivity contribution >= 4 is 45.7 Å². The highest BCUT2D eigenvalue weighted by Gasteiger charge is 2.42. The summed E-state index contributed by atoms with van der Waals surface area (Å²) < 4.78 is 5.07. The SMILES string of the molecule is COCCNc1ccc(-c2cc(NC(=O)Nc3sc(C(C)(C)C)cc3C(=O)N3CCNC(=O)C3(C)C)ccc2C)cn1. The van der Waals surface area contributed by atoms with Crippen molar-refractivity contribution in [2.45, 2.75) is 52.5 Å². The second-order valence-electron chi connectivity index (χ2n) is 11.8. The van der Waals surface area contributed by atoms with Gasteiger partial charge in [0.1, 0.15) is 16.4 Å². The summed E-state index contributed by atoms with van der Waals surface area (Å²) >= 11 is 1.37. The van der Waals surface area contributed by atoms with Crippen molar-refractivity contribution in [1.82, 2.24) is 15.2 Å². The Balaban J connectivity index is 1.54. The number of hydrogen-bond donors (Lipinski definition) is 4. The maximum atomic E-state index is 13.8. The molecule has 4 amide bonds. The first kappa shape index (κ1) is 31.0. The standard InChI is InChI=1S/C31H40N6O4S/c1-19-8-10-21(16-22(19)20-9-11-25(34-18-20)32-13-15-41-7)35-29(40)36-26-23(17-24(42-26)30(2,3)4)27(38)37-14-12-33-28(39)31(37,5)6/h8-11,16-18H,12-15H2,1-7H3,(H,32,34)(H,33,39)(H2,35,36,40). The molecular formula is C31H40N6O4S. The summed E-state index contributed by atoms with van der Waals surface area (Å²) in [5.74, 6) is 0.261. The zero-order valence-electron chi connectivity index (χ0n) is 25.3. The van der Waals surface area contributed by atoms with Crippen LogP contribution in [-0.2, 0) is 14.9 Å². The molecular weight excluding hydrogens is 552 g/mol. The summed E-state index contributed by atoms with van der Waals surface area (Å²) in [6.07, 6.45) is 1.79. The molecule has 1 aliphatic rings. The van der Waals surface area contributed by atoms with Crippen molar-refractivity contribution in [1.29, 1.82) is 0 Å². The number of aryl methyl sites for hydroxylation is 1. The highest BCUT2D eigenvalue weighted by atomic mass is 32.1. The minimum atomic E-state index is -1.01. The number of anilines is 3. The van der Waals surface area contributed by atoms with E-state index in [2.05, 4.69) is 47.0 Å². The number of nitrogens with zero attached hydrogens (tertiary/aromatic N) is 2. The number of piperazine rings is 1. The van der Waals surface area contributed by atoms with Gasteiger partial charge in [0.15, 0.2) is 0 Å². The van der Waals surface area contributed by atoms with Crippen molar-refractivity contribution in [3.63, 3.8) is 0 Å². The highest BCUT2D eigenvalue weighted by molar-refractivity contribution is 7.16. The van der Waals surface area contributed by atoms with Crippen LogP contribution in [0.15, 0.2) is 42.6 Å². The van der Waals surface area contributed by atoms with E-state index in [1.54, 1.807) is 32.1 Å². The summed E-state index contributed by atoms with van der Waals surface area (Å²) in [7, 11) is 1.65. The van der Waals surface area contributed by atoms with E-state index in [0.29, 0.717) is 42.5 Å². The van der Waals surface area contributed by atoms with Crippen molar-refractivity contribution in [3.05, 3.63) is 58.6 Å². The van der Waals surface area contributed by atoms with Crippen LogP contribution in [0.4, 0.5) is 21.3 Å². The van der Waals surface area contributed by atoms with E-state index in [1.807, 2.05) is 43.3 Å². The van der Waals surface area contributed by atoms with Crippen molar-refractivity contribution in [2.24, 2.45) is 0 Å². The van der Waals surface area contributed by atoms with Gasteiger partial charge in [0.2, 0.25) is 5.91 Å². The molecule has 42 heavy (non-hydrogen) atoms. The van der Waals surface area contributed by atoms with Gasteiger partial charge in [-0.25, -0.2) is 9.78 Å². The topological polar surface area (TPSA) is 125 Å². The molecule has 0 spiro atoms.